The predicted octanol–water partition coefficient (Wildman–Crippen LogP) is 6.50. The third-order valence-electron chi connectivity index (χ3n) is 10.6. The van der Waals surface area contributed by atoms with Crippen LogP contribution in [0.25, 0.3) is 12.2 Å². The Bertz CT molecular complexity index is 2040. The zero-order chi connectivity index (χ0) is 36.4. The molecule has 1 saturated carbocycles. The van der Waals surface area contributed by atoms with E-state index in [-0.39, 0.29) is 35.7 Å². The Hall–Kier alpha value is -4.32. The van der Waals surface area contributed by atoms with Gasteiger partial charge in [0.2, 0.25) is 11.8 Å². The lowest BCUT2D eigenvalue weighted by atomic mass is 9.56. The highest BCUT2D eigenvalue weighted by Crippen LogP contribution is 2.65. The number of aromatic hydroxyl groups is 1. The van der Waals surface area contributed by atoms with Crippen molar-refractivity contribution in [3.05, 3.63) is 89.0 Å². The van der Waals surface area contributed by atoms with E-state index in [1.54, 1.807) is 32.4 Å². The number of imide groups is 2. The first kappa shape index (κ1) is 35.1. The number of alkyl halides is 3. The second kappa shape index (κ2) is 13.0. The quantitative estimate of drug-likeness (QED) is 0.0902. The molecule has 4 aliphatic rings. The number of methoxy groups -OCH3 is 3. The van der Waals surface area contributed by atoms with Crippen LogP contribution >= 0.6 is 39.1 Å². The first-order valence-corrected chi connectivity index (χ1v) is 18.1. The highest BCUT2D eigenvalue weighted by atomic mass is 79.9. The van der Waals surface area contributed by atoms with Crippen molar-refractivity contribution < 1.29 is 38.5 Å². The number of amides is 4. The van der Waals surface area contributed by atoms with Crippen molar-refractivity contribution in [2.24, 2.45) is 17.8 Å². The fourth-order valence-electron chi connectivity index (χ4n) is 8.16. The summed E-state index contributed by atoms with van der Waals surface area (Å²) in [5.74, 6) is -4.04. The molecule has 2 heterocycles. The van der Waals surface area contributed by atoms with Gasteiger partial charge in [-0.05, 0) is 72.4 Å². The van der Waals surface area contributed by atoms with Crippen molar-refractivity contribution in [1.29, 1.82) is 0 Å². The molecule has 4 amide bonds. The fraction of sp³-hybridized carbons (Fsp3) is 0.316. The van der Waals surface area contributed by atoms with Crippen LogP contribution in [0.1, 0.15) is 35.4 Å². The average molecular weight is 796 g/mol. The van der Waals surface area contributed by atoms with Crippen LogP contribution in [0.2, 0.25) is 0 Å². The van der Waals surface area contributed by atoms with Gasteiger partial charge in [0, 0.05) is 11.5 Å². The summed E-state index contributed by atoms with van der Waals surface area (Å²) in [6.45, 7) is 0. The maximum atomic E-state index is 14.4. The summed E-state index contributed by atoms with van der Waals surface area (Å²) in [6.07, 6.45) is 5.70. The highest BCUT2D eigenvalue weighted by Gasteiger charge is 2.76. The molecular formula is C38H33BrCl2N2O8. The number of rotatable bonds is 8. The summed E-state index contributed by atoms with van der Waals surface area (Å²) >= 11 is 17.8. The number of nitrogens with zero attached hydrogens (tertiary/aromatic N) is 2. The van der Waals surface area contributed by atoms with Gasteiger partial charge in [0.1, 0.15) is 11.5 Å². The number of phenolic OH excluding ortho intramolecular Hbond substituents is 1. The molecule has 0 bridgehead atoms. The summed E-state index contributed by atoms with van der Waals surface area (Å²) < 4.78 is 16.0. The van der Waals surface area contributed by atoms with Crippen LogP contribution in [0.3, 0.4) is 0 Å². The van der Waals surface area contributed by atoms with Gasteiger partial charge in [-0.3, -0.25) is 29.0 Å². The first-order valence-electron chi connectivity index (χ1n) is 16.2. The number of allylic oxidation sites excluding steroid dienone is 2. The van der Waals surface area contributed by atoms with Crippen molar-refractivity contribution >= 4 is 80.6 Å². The molecule has 2 saturated heterocycles. The van der Waals surface area contributed by atoms with E-state index in [1.807, 2.05) is 48.6 Å². The maximum Gasteiger partial charge on any atom is 0.254 e. The Morgan fingerprint density at radius 1 is 0.863 bits per heavy atom. The molecule has 51 heavy (non-hydrogen) atoms. The molecule has 0 spiro atoms. The number of ether oxygens (including phenoxy) is 3. The predicted molar refractivity (Wildman–Crippen MR) is 195 cm³/mol. The summed E-state index contributed by atoms with van der Waals surface area (Å²) in [5, 5.41) is 10.8. The number of halogens is 3. The zero-order valence-corrected chi connectivity index (χ0v) is 30.9. The lowest BCUT2D eigenvalue weighted by molar-refractivity contribution is -0.138. The molecule has 0 aromatic heterocycles. The Labute approximate surface area is 312 Å². The van der Waals surface area contributed by atoms with Crippen LogP contribution in [0.15, 0.2) is 72.3 Å². The first-order chi connectivity index (χ1) is 24.4. The molecule has 1 N–H and O–H groups in total. The van der Waals surface area contributed by atoms with Crippen LogP contribution in [-0.4, -0.2) is 70.2 Å². The molecule has 10 nitrogen and oxygen atoms in total. The molecule has 13 heteroatoms. The number of anilines is 1. The van der Waals surface area contributed by atoms with Crippen molar-refractivity contribution in [2.75, 3.05) is 31.7 Å². The Morgan fingerprint density at radius 2 is 1.57 bits per heavy atom. The smallest absolute Gasteiger partial charge is 0.254 e. The van der Waals surface area contributed by atoms with Gasteiger partial charge < -0.3 is 19.3 Å². The minimum Gasteiger partial charge on any atom is -0.504 e. The number of likely N-dealkylation sites (tertiary alicyclic amines) is 1. The number of carbonyl (C=O) groups excluding carboxylic acids is 4. The highest BCUT2D eigenvalue weighted by molar-refractivity contribution is 9.09. The Morgan fingerprint density at radius 3 is 2.22 bits per heavy atom. The van der Waals surface area contributed by atoms with Gasteiger partial charge in [-0.15, -0.1) is 23.2 Å². The largest absolute Gasteiger partial charge is 0.504 e. The SMILES string of the molecule is COc1ccc(OC)c(C=Cc2ccc(N3C(=O)C4CC=C5C(CC6(Cl)C(=O)N(CBr)C(=O)C6(Cl)C5c5ccc(OC)c(O)c5)C4C3=O)cc2)c1. The van der Waals surface area contributed by atoms with E-state index >= 15 is 0 Å². The molecule has 6 unspecified atom stereocenters. The van der Waals surface area contributed by atoms with Crippen molar-refractivity contribution in [3.63, 3.8) is 0 Å². The molecule has 7 rings (SSSR count). The monoisotopic (exact) mass is 794 g/mol. The summed E-state index contributed by atoms with van der Waals surface area (Å²) in [6, 6.07) is 17.2. The van der Waals surface area contributed by atoms with Crippen LogP contribution in [0.4, 0.5) is 5.69 Å². The van der Waals surface area contributed by atoms with E-state index in [9.17, 15) is 24.3 Å². The second-order valence-electron chi connectivity index (χ2n) is 13.0. The minimum atomic E-state index is -1.97. The zero-order valence-electron chi connectivity index (χ0n) is 27.8. The Balaban J connectivity index is 1.23. The number of carbonyl (C=O) groups is 4. The summed E-state index contributed by atoms with van der Waals surface area (Å²) in [7, 11) is 4.59. The van der Waals surface area contributed by atoms with E-state index in [2.05, 4.69) is 15.9 Å². The second-order valence-corrected chi connectivity index (χ2v) is 14.7. The van der Waals surface area contributed by atoms with Gasteiger partial charge >= 0.3 is 0 Å². The van der Waals surface area contributed by atoms with Crippen LogP contribution in [0, 0.1) is 17.8 Å². The van der Waals surface area contributed by atoms with E-state index in [4.69, 9.17) is 37.4 Å². The van der Waals surface area contributed by atoms with Gasteiger partial charge in [0.05, 0.1) is 44.3 Å². The van der Waals surface area contributed by atoms with Crippen LogP contribution < -0.4 is 19.1 Å². The molecule has 0 radical (unpaired) electrons. The third-order valence-corrected chi connectivity index (χ3v) is 12.5. The van der Waals surface area contributed by atoms with Crippen LogP contribution in [0.5, 0.6) is 23.0 Å². The van der Waals surface area contributed by atoms with E-state index in [0.29, 0.717) is 28.3 Å². The maximum absolute atomic E-state index is 14.4. The summed E-state index contributed by atoms with van der Waals surface area (Å²) in [5.41, 5.74) is 2.96. The summed E-state index contributed by atoms with van der Waals surface area (Å²) in [4.78, 5) is 54.5. The van der Waals surface area contributed by atoms with Gasteiger partial charge in [0.25, 0.3) is 11.8 Å². The van der Waals surface area contributed by atoms with Crippen molar-refractivity contribution in [2.45, 2.75) is 28.5 Å². The van der Waals surface area contributed by atoms with Gasteiger partial charge in [0.15, 0.2) is 21.2 Å². The molecule has 2 aliphatic heterocycles. The number of phenols is 1. The fourth-order valence-corrected chi connectivity index (χ4v) is 9.58. The van der Waals surface area contributed by atoms with Gasteiger partial charge in [-0.2, -0.15) is 0 Å². The van der Waals surface area contributed by atoms with E-state index < -0.39 is 51.1 Å². The van der Waals surface area contributed by atoms with E-state index in [0.717, 1.165) is 16.0 Å². The molecule has 2 aliphatic carbocycles. The lowest BCUT2D eigenvalue weighted by Gasteiger charge is -2.50. The standard InChI is InChI=1S/C38H33BrCl2N2O8/c1-49-24-11-15-29(50-2)21(16-24)7-4-20-5-9-23(10-6-20)43-33(45)26-13-12-25-27(31(26)34(43)46)18-37(40)35(47)42(19-39)36(48)38(37,41)32(25)22-8-14-30(51-3)28(44)17-22/h4-12,14-17,26-27,31-32,44H,13,18-19H2,1-3H3. The molecular weight excluding hydrogens is 763 g/mol. The normalized spacial score (nSPS) is 28.5. The minimum absolute atomic E-state index is 0.132. The average Bonchev–Trinajstić information content (AvgIpc) is 3.47. The van der Waals surface area contributed by atoms with Crippen LogP contribution in [-0.2, 0) is 19.2 Å². The van der Waals surface area contributed by atoms with E-state index in [1.165, 1.54) is 24.1 Å². The molecule has 3 aromatic rings. The topological polar surface area (TPSA) is 123 Å². The third kappa shape index (κ3) is 5.18. The van der Waals surface area contributed by atoms with Gasteiger partial charge in [-0.1, -0.05) is 57.9 Å². The molecule has 264 valence electrons. The number of fused-ring (bicyclic) bond motifs is 4. The number of benzene rings is 3. The van der Waals surface area contributed by atoms with Crippen molar-refractivity contribution in [1.82, 2.24) is 4.90 Å². The molecule has 6 atom stereocenters. The molecule has 3 fully saturated rings. The number of hydrogen-bond acceptors (Lipinski definition) is 8. The lowest BCUT2D eigenvalue weighted by Crippen LogP contribution is -2.60. The van der Waals surface area contributed by atoms with Crippen molar-refractivity contribution in [3.8, 4) is 23.0 Å². The Kier molecular flexibility index (Phi) is 8.96. The van der Waals surface area contributed by atoms with Gasteiger partial charge in [-0.25, -0.2) is 0 Å². The molecule has 3 aromatic carbocycles. The number of hydrogen-bond donors (Lipinski definition) is 1.